The Labute approximate surface area is 156 Å². The highest BCUT2D eigenvalue weighted by Gasteiger charge is 2.30. The number of carboxylic acid groups (broad SMARTS) is 1. The van der Waals surface area contributed by atoms with E-state index < -0.39 is 41.0 Å². The van der Waals surface area contributed by atoms with Gasteiger partial charge in [0.15, 0.2) is 0 Å². The zero-order valence-corrected chi connectivity index (χ0v) is 14.3. The molecule has 0 saturated carbocycles. The first kappa shape index (κ1) is 20.9. The topological polar surface area (TPSA) is 110 Å². The van der Waals surface area contributed by atoms with Crippen molar-refractivity contribution in [2.45, 2.75) is 25.1 Å². The minimum Gasteiger partial charge on any atom is -0.480 e. The number of carbonyl (C=O) groups excluding carboxylic acids is 1. The summed E-state index contributed by atoms with van der Waals surface area (Å²) in [6.07, 6.45) is -5.11. The highest BCUT2D eigenvalue weighted by Crippen LogP contribution is 2.29. The fourth-order valence-corrected chi connectivity index (χ4v) is 2.48. The fourth-order valence-electron chi connectivity index (χ4n) is 2.48. The number of alkyl halides is 3. The minimum atomic E-state index is -4.55. The number of benzene rings is 2. The number of hydrogen-bond donors (Lipinski definition) is 2. The van der Waals surface area contributed by atoms with E-state index in [0.717, 1.165) is 18.2 Å². The van der Waals surface area contributed by atoms with Crippen molar-refractivity contribution < 1.29 is 32.8 Å². The number of carbonyl (C=O) groups is 2. The number of nitrogens with zero attached hydrogens (tertiary/aromatic N) is 1. The second kappa shape index (κ2) is 8.51. The molecular weight excluding hydrogens is 381 g/mol. The Hall–Kier alpha value is -3.43. The third-order valence-corrected chi connectivity index (χ3v) is 3.84. The maximum atomic E-state index is 12.7. The molecule has 2 N–H and O–H groups in total. The van der Waals surface area contributed by atoms with Gasteiger partial charge in [-0.1, -0.05) is 30.3 Å². The summed E-state index contributed by atoms with van der Waals surface area (Å²) in [5.74, 6) is -2.09. The van der Waals surface area contributed by atoms with Crippen molar-refractivity contribution in [2.24, 2.45) is 0 Å². The highest BCUT2D eigenvalue weighted by molar-refractivity contribution is 5.85. The number of amides is 1. The highest BCUT2D eigenvalue weighted by atomic mass is 19.4. The summed E-state index contributed by atoms with van der Waals surface area (Å²) in [7, 11) is 0. The van der Waals surface area contributed by atoms with E-state index in [0.29, 0.717) is 5.56 Å². The van der Waals surface area contributed by atoms with Crippen LogP contribution >= 0.6 is 0 Å². The molecular formula is C18H15F3N2O5. The van der Waals surface area contributed by atoms with E-state index in [2.05, 4.69) is 5.32 Å². The van der Waals surface area contributed by atoms with E-state index in [1.165, 1.54) is 30.3 Å². The van der Waals surface area contributed by atoms with E-state index >= 15 is 0 Å². The summed E-state index contributed by atoms with van der Waals surface area (Å²) in [4.78, 5) is 33.5. The molecule has 10 heteroatoms. The molecule has 0 fully saturated rings. The third-order valence-electron chi connectivity index (χ3n) is 3.84. The lowest BCUT2D eigenvalue weighted by atomic mass is 10.0. The lowest BCUT2D eigenvalue weighted by Crippen LogP contribution is -2.43. The van der Waals surface area contributed by atoms with Gasteiger partial charge in [-0.05, 0) is 17.2 Å². The third kappa shape index (κ3) is 5.79. The first-order chi connectivity index (χ1) is 13.1. The summed E-state index contributed by atoms with van der Waals surface area (Å²) >= 11 is 0. The van der Waals surface area contributed by atoms with Gasteiger partial charge in [-0.15, -0.1) is 0 Å². The largest absolute Gasteiger partial charge is 0.480 e. The van der Waals surface area contributed by atoms with Crippen LogP contribution in [0.3, 0.4) is 0 Å². The number of nitro benzene ring substituents is 1. The standard InChI is InChI=1S/C18H15F3N2O5/c19-18(20,21)13-3-1-2-12(8-13)10-16(24)22-15(17(25)26)9-11-4-6-14(7-5-11)23(27)28/h1-8,15H,9-10H2,(H,22,24)(H,25,26)/t15-/m0/s1. The molecule has 0 saturated heterocycles. The van der Waals surface area contributed by atoms with Crippen LogP contribution in [-0.2, 0) is 28.6 Å². The van der Waals surface area contributed by atoms with Gasteiger partial charge >= 0.3 is 12.1 Å². The first-order valence-corrected chi connectivity index (χ1v) is 7.98. The van der Waals surface area contributed by atoms with Gasteiger partial charge in [0.25, 0.3) is 5.69 Å². The average molecular weight is 396 g/mol. The molecule has 1 atom stereocenters. The average Bonchev–Trinajstić information content (AvgIpc) is 2.61. The molecule has 0 aliphatic carbocycles. The van der Waals surface area contributed by atoms with Crippen LogP contribution in [0.4, 0.5) is 18.9 Å². The molecule has 0 heterocycles. The number of aliphatic carboxylic acids is 1. The van der Waals surface area contributed by atoms with E-state index in [9.17, 15) is 38.0 Å². The Morgan fingerprint density at radius 1 is 1.11 bits per heavy atom. The Morgan fingerprint density at radius 2 is 1.75 bits per heavy atom. The predicted octanol–water partition coefficient (Wildman–Crippen LogP) is 2.97. The van der Waals surface area contributed by atoms with Crippen molar-refractivity contribution in [3.8, 4) is 0 Å². The SMILES string of the molecule is O=C(Cc1cccc(C(F)(F)F)c1)N[C@@H](Cc1ccc([N+](=O)[O-])cc1)C(=O)O. The maximum absolute atomic E-state index is 12.7. The summed E-state index contributed by atoms with van der Waals surface area (Å²) in [5, 5.41) is 22.2. The number of hydrogen-bond acceptors (Lipinski definition) is 4. The summed E-state index contributed by atoms with van der Waals surface area (Å²) in [6.45, 7) is 0. The number of non-ortho nitro benzene ring substituents is 1. The van der Waals surface area contributed by atoms with E-state index in [1.807, 2.05) is 0 Å². The van der Waals surface area contributed by atoms with Gasteiger partial charge in [-0.3, -0.25) is 14.9 Å². The van der Waals surface area contributed by atoms with Crippen LogP contribution in [0.5, 0.6) is 0 Å². The molecule has 0 radical (unpaired) electrons. The molecule has 2 aromatic carbocycles. The van der Waals surface area contributed by atoms with Crippen LogP contribution in [0.2, 0.25) is 0 Å². The molecule has 28 heavy (non-hydrogen) atoms. The van der Waals surface area contributed by atoms with Crippen molar-refractivity contribution in [2.75, 3.05) is 0 Å². The van der Waals surface area contributed by atoms with Crippen LogP contribution in [-0.4, -0.2) is 27.9 Å². The number of carboxylic acids is 1. The van der Waals surface area contributed by atoms with Crippen LogP contribution < -0.4 is 5.32 Å². The molecule has 7 nitrogen and oxygen atoms in total. The van der Waals surface area contributed by atoms with Crippen molar-refractivity contribution in [3.05, 3.63) is 75.3 Å². The van der Waals surface area contributed by atoms with Gasteiger partial charge in [-0.2, -0.15) is 13.2 Å². The molecule has 0 bridgehead atoms. The quantitative estimate of drug-likeness (QED) is 0.552. The van der Waals surface area contributed by atoms with Crippen LogP contribution in [0, 0.1) is 10.1 Å². The first-order valence-electron chi connectivity index (χ1n) is 7.98. The smallest absolute Gasteiger partial charge is 0.416 e. The van der Waals surface area contributed by atoms with Crippen LogP contribution in [0.1, 0.15) is 16.7 Å². The molecule has 0 spiro atoms. The summed E-state index contributed by atoms with van der Waals surface area (Å²) in [5.41, 5.74) is -0.535. The Morgan fingerprint density at radius 3 is 2.29 bits per heavy atom. The van der Waals surface area contributed by atoms with E-state index in [-0.39, 0.29) is 17.7 Å². The van der Waals surface area contributed by atoms with E-state index in [4.69, 9.17) is 0 Å². The molecule has 1 amide bonds. The molecule has 0 unspecified atom stereocenters. The number of halogens is 3. The van der Waals surface area contributed by atoms with Crippen LogP contribution in [0.15, 0.2) is 48.5 Å². The van der Waals surface area contributed by atoms with Gasteiger partial charge in [0.1, 0.15) is 6.04 Å². The lowest BCUT2D eigenvalue weighted by Gasteiger charge is -2.15. The summed E-state index contributed by atoms with van der Waals surface area (Å²) in [6, 6.07) is 8.01. The lowest BCUT2D eigenvalue weighted by molar-refractivity contribution is -0.384. The summed E-state index contributed by atoms with van der Waals surface area (Å²) < 4.78 is 38.2. The molecule has 2 aromatic rings. The molecule has 0 aromatic heterocycles. The molecule has 0 aliphatic rings. The minimum absolute atomic E-state index is 0.0896. The van der Waals surface area contributed by atoms with Gasteiger partial charge in [0.05, 0.1) is 16.9 Å². The van der Waals surface area contributed by atoms with Crippen molar-refractivity contribution in [1.82, 2.24) is 5.32 Å². The zero-order valence-electron chi connectivity index (χ0n) is 14.3. The Bertz CT molecular complexity index is 882. The predicted molar refractivity (Wildman–Crippen MR) is 91.5 cm³/mol. The molecule has 0 aliphatic heterocycles. The Kier molecular flexibility index (Phi) is 6.34. The van der Waals surface area contributed by atoms with Crippen molar-refractivity contribution in [3.63, 3.8) is 0 Å². The van der Waals surface area contributed by atoms with Gasteiger partial charge in [-0.25, -0.2) is 4.79 Å². The Balaban J connectivity index is 2.04. The molecule has 2 rings (SSSR count). The normalized spacial score (nSPS) is 12.2. The fraction of sp³-hybridized carbons (Fsp3) is 0.222. The van der Waals surface area contributed by atoms with Crippen molar-refractivity contribution in [1.29, 1.82) is 0 Å². The van der Waals surface area contributed by atoms with Gasteiger partial charge < -0.3 is 10.4 Å². The number of rotatable bonds is 7. The van der Waals surface area contributed by atoms with Gasteiger partial charge in [0, 0.05) is 18.6 Å². The van der Waals surface area contributed by atoms with Crippen LogP contribution in [0.25, 0.3) is 0 Å². The second-order valence-corrected chi connectivity index (χ2v) is 5.96. The maximum Gasteiger partial charge on any atom is 0.416 e. The second-order valence-electron chi connectivity index (χ2n) is 5.96. The van der Waals surface area contributed by atoms with E-state index in [1.54, 1.807) is 0 Å². The molecule has 148 valence electrons. The van der Waals surface area contributed by atoms with Crippen molar-refractivity contribution >= 4 is 17.6 Å². The monoisotopic (exact) mass is 396 g/mol. The number of nitro groups is 1. The zero-order chi connectivity index (χ0) is 20.9. The number of nitrogens with one attached hydrogen (secondary N) is 1. The van der Waals surface area contributed by atoms with Gasteiger partial charge in [0.2, 0.25) is 5.91 Å².